The largest absolute Gasteiger partial charge is 0.368 e. The molecular weight excluding hydrogens is 348 g/mol. The third-order valence-corrected chi connectivity index (χ3v) is 5.05. The van der Waals surface area contributed by atoms with E-state index in [2.05, 4.69) is 63.3 Å². The van der Waals surface area contributed by atoms with Crippen LogP contribution in [0.2, 0.25) is 0 Å². The predicted molar refractivity (Wildman–Crippen MR) is 93.4 cm³/mol. The number of aryl methyl sites for hydroxylation is 2. The van der Waals surface area contributed by atoms with E-state index in [4.69, 9.17) is 5.73 Å². The lowest BCUT2D eigenvalue weighted by atomic mass is 10.2. The summed E-state index contributed by atoms with van der Waals surface area (Å²) in [5, 5.41) is 4.38. The van der Waals surface area contributed by atoms with Gasteiger partial charge in [0.05, 0.1) is 11.1 Å². The molecule has 108 valence electrons. The van der Waals surface area contributed by atoms with Gasteiger partial charge >= 0.3 is 0 Å². The minimum atomic E-state index is 0.290. The molecule has 1 aromatic carbocycles. The van der Waals surface area contributed by atoms with Crippen LogP contribution in [0.15, 0.2) is 28.7 Å². The molecule has 0 aliphatic heterocycles. The average Bonchev–Trinajstić information content (AvgIpc) is 2.86. The Morgan fingerprint density at radius 3 is 2.86 bits per heavy atom. The highest BCUT2D eigenvalue weighted by atomic mass is 79.9. The molecule has 0 unspecified atom stereocenters. The van der Waals surface area contributed by atoms with E-state index in [0.29, 0.717) is 5.95 Å². The van der Waals surface area contributed by atoms with Crippen molar-refractivity contribution in [3.05, 3.63) is 39.2 Å². The normalized spacial score (nSPS) is 11.0. The number of benzene rings is 1. The second kappa shape index (κ2) is 5.61. The predicted octanol–water partition coefficient (Wildman–Crippen LogP) is 4.65. The lowest BCUT2D eigenvalue weighted by Crippen LogP contribution is -2.00. The van der Waals surface area contributed by atoms with E-state index in [9.17, 15) is 0 Å². The number of nitrogens with zero attached hydrogens (tertiary/aromatic N) is 2. The summed E-state index contributed by atoms with van der Waals surface area (Å²) in [4.78, 5) is 10.9. The van der Waals surface area contributed by atoms with E-state index in [-0.39, 0.29) is 0 Å². The van der Waals surface area contributed by atoms with Crippen molar-refractivity contribution in [3.63, 3.8) is 0 Å². The van der Waals surface area contributed by atoms with Crippen LogP contribution in [0.5, 0.6) is 0 Å². The summed E-state index contributed by atoms with van der Waals surface area (Å²) in [5.41, 5.74) is 7.98. The summed E-state index contributed by atoms with van der Waals surface area (Å²) in [6, 6.07) is 8.27. The monoisotopic (exact) mass is 362 g/mol. The second-order valence-electron chi connectivity index (χ2n) is 4.82. The topological polar surface area (TPSA) is 63.8 Å². The zero-order valence-electron chi connectivity index (χ0n) is 11.8. The fourth-order valence-electron chi connectivity index (χ4n) is 2.12. The summed E-state index contributed by atoms with van der Waals surface area (Å²) in [7, 11) is 0. The quantitative estimate of drug-likeness (QED) is 0.711. The Hall–Kier alpha value is -1.66. The van der Waals surface area contributed by atoms with Crippen molar-refractivity contribution in [2.75, 3.05) is 11.1 Å². The van der Waals surface area contributed by atoms with Gasteiger partial charge < -0.3 is 11.1 Å². The van der Waals surface area contributed by atoms with Gasteiger partial charge in [-0.2, -0.15) is 4.98 Å². The number of fused-ring (bicyclic) bond motifs is 1. The SMILES string of the molecule is CCc1cc2c(Nc3cc(C)ccc3Br)nc(N)nc2s1. The van der Waals surface area contributed by atoms with Gasteiger partial charge in [0.2, 0.25) is 5.95 Å². The molecule has 6 heteroatoms. The van der Waals surface area contributed by atoms with Crippen molar-refractivity contribution in [2.45, 2.75) is 20.3 Å². The molecule has 0 aliphatic rings. The number of thiophene rings is 1. The first-order valence-corrected chi connectivity index (χ1v) is 8.27. The summed E-state index contributed by atoms with van der Waals surface area (Å²) < 4.78 is 0.990. The first-order chi connectivity index (χ1) is 10.1. The summed E-state index contributed by atoms with van der Waals surface area (Å²) >= 11 is 5.22. The minimum absolute atomic E-state index is 0.290. The lowest BCUT2D eigenvalue weighted by molar-refractivity contribution is 1.19. The van der Waals surface area contributed by atoms with Crippen LogP contribution in [0.4, 0.5) is 17.5 Å². The third-order valence-electron chi connectivity index (χ3n) is 3.18. The van der Waals surface area contributed by atoms with Crippen molar-refractivity contribution in [1.82, 2.24) is 9.97 Å². The molecule has 0 saturated carbocycles. The molecule has 4 nitrogen and oxygen atoms in total. The van der Waals surface area contributed by atoms with Crippen molar-refractivity contribution < 1.29 is 0 Å². The highest BCUT2D eigenvalue weighted by Crippen LogP contribution is 2.33. The number of nitrogen functional groups attached to an aromatic ring is 1. The molecule has 21 heavy (non-hydrogen) atoms. The van der Waals surface area contributed by atoms with Gasteiger partial charge in [0.15, 0.2) is 0 Å². The van der Waals surface area contributed by atoms with Crippen LogP contribution in [0, 0.1) is 6.92 Å². The molecule has 3 aromatic rings. The molecule has 0 spiro atoms. The van der Waals surface area contributed by atoms with Crippen LogP contribution in [-0.4, -0.2) is 9.97 Å². The molecule has 2 heterocycles. The summed E-state index contributed by atoms with van der Waals surface area (Å²) in [5.74, 6) is 1.04. The first kappa shape index (κ1) is 14.3. The van der Waals surface area contributed by atoms with Crippen molar-refractivity contribution in [2.24, 2.45) is 0 Å². The van der Waals surface area contributed by atoms with E-state index in [0.717, 1.165) is 32.6 Å². The molecule has 3 N–H and O–H groups in total. The molecule has 3 rings (SSSR count). The molecular formula is C15H15BrN4S. The van der Waals surface area contributed by atoms with Crippen LogP contribution in [0.1, 0.15) is 17.4 Å². The number of halogens is 1. The zero-order valence-corrected chi connectivity index (χ0v) is 14.2. The first-order valence-electron chi connectivity index (χ1n) is 6.66. The van der Waals surface area contributed by atoms with Gasteiger partial charge in [0.25, 0.3) is 0 Å². The van der Waals surface area contributed by atoms with Crippen LogP contribution in [0.25, 0.3) is 10.2 Å². The molecule has 0 bridgehead atoms. The van der Waals surface area contributed by atoms with Gasteiger partial charge in [0.1, 0.15) is 10.6 Å². The van der Waals surface area contributed by atoms with Crippen LogP contribution >= 0.6 is 27.3 Å². The number of rotatable bonds is 3. The minimum Gasteiger partial charge on any atom is -0.368 e. The third kappa shape index (κ3) is 2.87. The Labute approximate surface area is 135 Å². The van der Waals surface area contributed by atoms with Gasteiger partial charge in [-0.05, 0) is 53.0 Å². The molecule has 0 amide bonds. The smallest absolute Gasteiger partial charge is 0.223 e. The van der Waals surface area contributed by atoms with Crippen LogP contribution < -0.4 is 11.1 Å². The fraction of sp³-hybridized carbons (Fsp3) is 0.200. The maximum absolute atomic E-state index is 5.83. The Morgan fingerprint density at radius 1 is 1.29 bits per heavy atom. The number of anilines is 3. The summed E-state index contributed by atoms with van der Waals surface area (Å²) in [6.07, 6.45) is 0.981. The van der Waals surface area contributed by atoms with E-state index in [1.165, 1.54) is 10.4 Å². The Balaban J connectivity index is 2.11. The Morgan fingerprint density at radius 2 is 2.10 bits per heavy atom. The van der Waals surface area contributed by atoms with E-state index >= 15 is 0 Å². The van der Waals surface area contributed by atoms with E-state index < -0.39 is 0 Å². The highest BCUT2D eigenvalue weighted by molar-refractivity contribution is 9.10. The number of nitrogens with two attached hydrogens (primary N) is 1. The molecule has 0 aliphatic carbocycles. The maximum atomic E-state index is 5.83. The second-order valence-corrected chi connectivity index (χ2v) is 6.79. The molecule has 0 fully saturated rings. The average molecular weight is 363 g/mol. The fourth-order valence-corrected chi connectivity index (χ4v) is 3.44. The van der Waals surface area contributed by atoms with Gasteiger partial charge in [-0.1, -0.05) is 13.0 Å². The van der Waals surface area contributed by atoms with Crippen molar-refractivity contribution in [3.8, 4) is 0 Å². The summed E-state index contributed by atoms with van der Waals surface area (Å²) in [6.45, 7) is 4.19. The highest BCUT2D eigenvalue weighted by Gasteiger charge is 2.11. The number of hydrogen-bond donors (Lipinski definition) is 2. The van der Waals surface area contributed by atoms with Gasteiger partial charge in [-0.3, -0.25) is 0 Å². The number of hydrogen-bond acceptors (Lipinski definition) is 5. The maximum Gasteiger partial charge on any atom is 0.223 e. The van der Waals surface area contributed by atoms with Crippen LogP contribution in [-0.2, 0) is 6.42 Å². The van der Waals surface area contributed by atoms with E-state index in [1.807, 2.05) is 6.07 Å². The Bertz CT molecular complexity index is 813. The van der Waals surface area contributed by atoms with Crippen molar-refractivity contribution in [1.29, 1.82) is 0 Å². The zero-order chi connectivity index (χ0) is 15.0. The van der Waals surface area contributed by atoms with Gasteiger partial charge in [-0.15, -0.1) is 11.3 Å². The molecule has 2 aromatic heterocycles. The molecule has 0 saturated heterocycles. The van der Waals surface area contributed by atoms with E-state index in [1.54, 1.807) is 11.3 Å². The van der Waals surface area contributed by atoms with Gasteiger partial charge in [0, 0.05) is 9.35 Å². The lowest BCUT2D eigenvalue weighted by Gasteiger charge is -2.10. The number of nitrogens with one attached hydrogen (secondary N) is 1. The number of aromatic nitrogens is 2. The van der Waals surface area contributed by atoms with Gasteiger partial charge in [-0.25, -0.2) is 4.98 Å². The standard InChI is InChI=1S/C15H15BrN4S/c1-3-9-7-10-13(19-15(17)20-14(10)21-9)18-12-6-8(2)4-5-11(12)16/h4-7H,3H2,1-2H3,(H3,17,18,19,20). The van der Waals surface area contributed by atoms with Crippen LogP contribution in [0.3, 0.4) is 0 Å². The van der Waals surface area contributed by atoms with Crippen molar-refractivity contribution >= 4 is 54.9 Å². The Kier molecular flexibility index (Phi) is 3.82. The molecule has 0 atom stereocenters. The molecule has 0 radical (unpaired) electrons.